The Morgan fingerprint density at radius 1 is 0.471 bits per heavy atom. The van der Waals surface area contributed by atoms with Crippen molar-refractivity contribution in [3.63, 3.8) is 0 Å². The SMILES string of the molecule is C[C+](C)C.C[C+](C)C.C[C-](C)C.C[C-](C)C.[Cr]. The summed E-state index contributed by atoms with van der Waals surface area (Å²) in [5.74, 6) is 5.67. The Bertz CT molecular complexity index is 48.5. The van der Waals surface area contributed by atoms with E-state index in [0.717, 1.165) is 0 Å². The van der Waals surface area contributed by atoms with Gasteiger partial charge in [-0.3, -0.25) is 0 Å². The third-order valence-electron chi connectivity index (χ3n) is 0. The quantitative estimate of drug-likeness (QED) is 0.445. The maximum atomic E-state index is 2.08. The molecule has 0 nitrogen and oxygen atoms in total. The standard InChI is InChI=1S/4C4H9.Cr/c4*1-4(2)3;/h4*1-3H3;/q2*-1;2*+1;. The van der Waals surface area contributed by atoms with E-state index in [9.17, 15) is 0 Å². The normalized spacial score (nSPS) is 7.41. The van der Waals surface area contributed by atoms with E-state index in [-0.39, 0.29) is 17.4 Å². The summed E-state index contributed by atoms with van der Waals surface area (Å²) in [7, 11) is 0. The molecule has 106 valence electrons. The molecule has 0 spiro atoms. The molecule has 0 aromatic carbocycles. The third kappa shape index (κ3) is 44700. The van der Waals surface area contributed by atoms with Crippen LogP contribution in [0.15, 0.2) is 0 Å². The first-order valence-electron chi connectivity index (χ1n) is 6.00. The summed E-state index contributed by atoms with van der Waals surface area (Å²) in [5.41, 5.74) is 0. The van der Waals surface area contributed by atoms with Crippen LogP contribution in [0, 0.1) is 23.7 Å². The molecule has 0 aliphatic rings. The van der Waals surface area contributed by atoms with Gasteiger partial charge in [0.2, 0.25) is 0 Å². The van der Waals surface area contributed by atoms with Crippen molar-refractivity contribution in [1.82, 2.24) is 0 Å². The second-order valence-corrected chi connectivity index (χ2v) is 6.00. The fourth-order valence-electron chi connectivity index (χ4n) is 0. The van der Waals surface area contributed by atoms with Gasteiger partial charge in [0.15, 0.2) is 0 Å². The van der Waals surface area contributed by atoms with Crippen molar-refractivity contribution in [1.29, 1.82) is 0 Å². The van der Waals surface area contributed by atoms with E-state index in [1.54, 1.807) is 0 Å². The van der Waals surface area contributed by atoms with Crippen LogP contribution in [0.25, 0.3) is 0 Å². The molecular formula is C16H36Cr. The van der Waals surface area contributed by atoms with Crippen molar-refractivity contribution >= 4 is 0 Å². The van der Waals surface area contributed by atoms with Crippen LogP contribution in [0.1, 0.15) is 83.1 Å². The minimum Gasteiger partial charge on any atom is -0.323 e. The molecule has 1 heteroatoms. The monoisotopic (exact) mass is 280 g/mol. The molecule has 0 aromatic heterocycles. The second-order valence-electron chi connectivity index (χ2n) is 6.00. The van der Waals surface area contributed by atoms with E-state index >= 15 is 0 Å². The van der Waals surface area contributed by atoms with Crippen LogP contribution < -0.4 is 0 Å². The molecule has 0 aliphatic heterocycles. The van der Waals surface area contributed by atoms with E-state index in [4.69, 9.17) is 0 Å². The van der Waals surface area contributed by atoms with Crippen molar-refractivity contribution in [3.8, 4) is 0 Å². The zero-order chi connectivity index (χ0) is 14.3. The predicted octanol–water partition coefficient (Wildman–Crippen LogP) is 6.48. The first-order valence-corrected chi connectivity index (χ1v) is 6.00. The Labute approximate surface area is 124 Å². The summed E-state index contributed by atoms with van der Waals surface area (Å²) >= 11 is 0. The van der Waals surface area contributed by atoms with Crippen LogP contribution in [0.2, 0.25) is 0 Å². The maximum Gasteiger partial charge on any atom is 0.0813 e. The van der Waals surface area contributed by atoms with Crippen molar-refractivity contribution in [2.75, 3.05) is 0 Å². The molecule has 0 bridgehead atoms. The summed E-state index contributed by atoms with van der Waals surface area (Å²) in [6, 6.07) is 0. The summed E-state index contributed by atoms with van der Waals surface area (Å²) in [6.45, 7) is 25.0. The molecule has 0 heterocycles. The zero-order valence-electron chi connectivity index (χ0n) is 14.4. The number of hydrogen-bond donors (Lipinski definition) is 0. The number of hydrogen-bond acceptors (Lipinski definition) is 0. The van der Waals surface area contributed by atoms with Gasteiger partial charge < -0.3 is 11.8 Å². The molecule has 0 aromatic rings. The average molecular weight is 280 g/mol. The van der Waals surface area contributed by atoms with E-state index in [1.165, 1.54) is 23.7 Å². The predicted molar refractivity (Wildman–Crippen MR) is 81.1 cm³/mol. The van der Waals surface area contributed by atoms with Crippen LogP contribution >= 0.6 is 0 Å². The van der Waals surface area contributed by atoms with Gasteiger partial charge in [0.1, 0.15) is 0 Å². The van der Waals surface area contributed by atoms with Gasteiger partial charge in [-0.2, -0.15) is 41.5 Å². The van der Waals surface area contributed by atoms with Crippen LogP contribution in [0.5, 0.6) is 0 Å². The molecule has 0 aliphatic carbocycles. The minimum atomic E-state index is 0. The van der Waals surface area contributed by atoms with Gasteiger partial charge in [0.25, 0.3) is 0 Å². The Morgan fingerprint density at radius 3 is 0.471 bits per heavy atom. The Balaban J connectivity index is -0.0000000369. The van der Waals surface area contributed by atoms with Gasteiger partial charge in [0.05, 0.1) is 53.4 Å². The summed E-state index contributed by atoms with van der Waals surface area (Å²) in [5, 5.41) is 0. The molecule has 0 unspecified atom stereocenters. The van der Waals surface area contributed by atoms with E-state index in [1.807, 2.05) is 0 Å². The fraction of sp³-hybridized carbons (Fsp3) is 0.750. The average Bonchev–Trinajstić information content (AvgIpc) is 1.76. The molecule has 0 fully saturated rings. The van der Waals surface area contributed by atoms with Gasteiger partial charge >= 0.3 is 0 Å². The first-order chi connectivity index (χ1) is 6.93. The minimum absolute atomic E-state index is 0. The summed E-state index contributed by atoms with van der Waals surface area (Å²) in [6.07, 6.45) is 0. The third-order valence-corrected chi connectivity index (χ3v) is 0. The first kappa shape index (κ1) is 30.4. The van der Waals surface area contributed by atoms with Crippen LogP contribution in [-0.2, 0) is 17.4 Å². The smallest absolute Gasteiger partial charge is 0.0813 e. The van der Waals surface area contributed by atoms with Crippen molar-refractivity contribution < 1.29 is 17.4 Å². The van der Waals surface area contributed by atoms with E-state index in [0.29, 0.717) is 0 Å². The van der Waals surface area contributed by atoms with Gasteiger partial charge in [-0.1, -0.05) is 0 Å². The Morgan fingerprint density at radius 2 is 0.471 bits per heavy atom. The topological polar surface area (TPSA) is 0 Å². The molecule has 0 saturated carbocycles. The molecule has 0 N–H and O–H groups in total. The molecule has 17 heavy (non-hydrogen) atoms. The summed E-state index contributed by atoms with van der Waals surface area (Å²) < 4.78 is 0. The van der Waals surface area contributed by atoms with E-state index < -0.39 is 0 Å². The van der Waals surface area contributed by atoms with E-state index in [2.05, 4.69) is 83.1 Å². The fourth-order valence-corrected chi connectivity index (χ4v) is 0. The second kappa shape index (κ2) is 25.2. The molecule has 0 saturated heterocycles. The Kier molecular flexibility index (Phi) is 45.0. The number of rotatable bonds is 0. The summed E-state index contributed by atoms with van der Waals surface area (Å²) in [4.78, 5) is 0. The van der Waals surface area contributed by atoms with Gasteiger partial charge in [0, 0.05) is 17.4 Å². The van der Waals surface area contributed by atoms with Crippen LogP contribution in [0.3, 0.4) is 0 Å². The molecule has 0 amide bonds. The van der Waals surface area contributed by atoms with Crippen LogP contribution in [0.4, 0.5) is 0 Å². The molecule has 0 rings (SSSR count). The maximum absolute atomic E-state index is 2.08. The van der Waals surface area contributed by atoms with Gasteiger partial charge in [-0.15, -0.1) is 0 Å². The van der Waals surface area contributed by atoms with Crippen molar-refractivity contribution in [3.05, 3.63) is 23.7 Å². The van der Waals surface area contributed by atoms with Crippen LogP contribution in [-0.4, -0.2) is 0 Å². The van der Waals surface area contributed by atoms with Crippen molar-refractivity contribution in [2.24, 2.45) is 0 Å². The molecular weight excluding hydrogens is 244 g/mol. The Hall–Kier alpha value is 0.272. The van der Waals surface area contributed by atoms with Crippen molar-refractivity contribution in [2.45, 2.75) is 83.1 Å². The largest absolute Gasteiger partial charge is 0.323 e. The zero-order valence-corrected chi connectivity index (χ0v) is 15.7. The van der Waals surface area contributed by atoms with Gasteiger partial charge in [-0.25, -0.2) is 0 Å². The van der Waals surface area contributed by atoms with Gasteiger partial charge in [-0.05, 0) is 0 Å². The molecule has 0 radical (unpaired) electrons. The molecule has 0 atom stereocenters.